The van der Waals surface area contributed by atoms with Crippen LogP contribution in [0.3, 0.4) is 0 Å². The van der Waals surface area contributed by atoms with Crippen LogP contribution < -0.4 is 0 Å². The molecule has 8 nitrogen and oxygen atoms in total. The number of aromatic amines is 1. The third-order valence-corrected chi connectivity index (χ3v) is 4.98. The molecule has 3 rings (SSSR count). The number of carbonyl (C=O) groups excluding carboxylic acids is 1. The molecule has 0 spiro atoms. The summed E-state index contributed by atoms with van der Waals surface area (Å²) in [6, 6.07) is 9.16. The van der Waals surface area contributed by atoms with E-state index in [2.05, 4.69) is 15.1 Å². The first-order valence-corrected chi connectivity index (χ1v) is 9.57. The Kier molecular flexibility index (Phi) is 6.01. The molecule has 28 heavy (non-hydrogen) atoms. The smallest absolute Gasteiger partial charge is 0.316 e. The molecule has 144 valence electrons. The minimum absolute atomic E-state index is 0.0626. The van der Waals surface area contributed by atoms with Gasteiger partial charge in [-0.3, -0.25) is 4.79 Å². The summed E-state index contributed by atoms with van der Waals surface area (Å²) in [5.41, 5.74) is 3.10. The number of H-pyrrole nitrogens is 1. The van der Waals surface area contributed by atoms with Crippen LogP contribution in [0.4, 0.5) is 0 Å². The molecule has 9 heteroatoms. The molecule has 0 saturated carbocycles. The number of benzene rings is 1. The number of hydrogen-bond donors (Lipinski definition) is 2. The number of allylic oxidation sites excluding steroid dienone is 1. The van der Waals surface area contributed by atoms with Crippen molar-refractivity contribution in [1.82, 2.24) is 15.1 Å². The van der Waals surface area contributed by atoms with Crippen LogP contribution in [0.1, 0.15) is 22.8 Å². The van der Waals surface area contributed by atoms with E-state index < -0.39 is 12.6 Å². The molecule has 0 saturated heterocycles. The fourth-order valence-electron chi connectivity index (χ4n) is 2.53. The third kappa shape index (κ3) is 4.35. The summed E-state index contributed by atoms with van der Waals surface area (Å²) in [4.78, 5) is 19.1. The van der Waals surface area contributed by atoms with Gasteiger partial charge in [0.25, 0.3) is 0 Å². The molecule has 2 aromatic heterocycles. The lowest BCUT2D eigenvalue weighted by atomic mass is 10.2. The van der Waals surface area contributed by atoms with Crippen LogP contribution in [-0.2, 0) is 15.3 Å². The van der Waals surface area contributed by atoms with Gasteiger partial charge in [-0.05, 0) is 26.0 Å². The van der Waals surface area contributed by atoms with Gasteiger partial charge in [0.05, 0.1) is 22.5 Å². The molecule has 2 N–H and O–H groups in total. The lowest BCUT2D eigenvalue weighted by molar-refractivity contribution is -0.140. The van der Waals surface area contributed by atoms with Crippen LogP contribution in [-0.4, -0.2) is 38.6 Å². The fraction of sp³-hybridized carbons (Fsp3) is 0.263. The van der Waals surface area contributed by atoms with Crippen LogP contribution in [0, 0.1) is 25.2 Å². The molecular weight excluding hydrogens is 380 g/mol. The number of aliphatic hydroxyl groups is 1. The maximum atomic E-state index is 11.9. The predicted molar refractivity (Wildman–Crippen MR) is 104 cm³/mol. The average molecular weight is 398 g/mol. The number of nitriles is 1. The number of nitrogens with one attached hydrogen (secondary N) is 1. The van der Waals surface area contributed by atoms with Crippen LogP contribution in [0.2, 0.25) is 0 Å². The number of ether oxygens (including phenoxy) is 1. The summed E-state index contributed by atoms with van der Waals surface area (Å²) in [5.74, 6) is 0.772. The lowest BCUT2D eigenvalue weighted by Crippen LogP contribution is -2.11. The molecular formula is C19H18N4O4S. The lowest BCUT2D eigenvalue weighted by Gasteiger charge is -2.05. The molecule has 3 aromatic rings. The number of carbonyl (C=O) groups is 1. The number of esters is 1. The van der Waals surface area contributed by atoms with E-state index in [9.17, 15) is 15.2 Å². The Morgan fingerprint density at radius 3 is 2.86 bits per heavy atom. The van der Waals surface area contributed by atoms with Crippen LogP contribution in [0.15, 0.2) is 34.5 Å². The highest BCUT2D eigenvalue weighted by molar-refractivity contribution is 7.99. The number of para-hydroxylation sites is 2. The van der Waals surface area contributed by atoms with Gasteiger partial charge in [0, 0.05) is 11.3 Å². The van der Waals surface area contributed by atoms with E-state index in [1.54, 1.807) is 6.07 Å². The van der Waals surface area contributed by atoms with Crippen LogP contribution >= 0.6 is 11.8 Å². The number of aryl methyl sites for hydroxylation is 2. The average Bonchev–Trinajstić information content (AvgIpc) is 3.24. The molecule has 0 atom stereocenters. The van der Waals surface area contributed by atoms with Crippen molar-refractivity contribution >= 4 is 34.3 Å². The van der Waals surface area contributed by atoms with E-state index in [0.29, 0.717) is 11.3 Å². The van der Waals surface area contributed by atoms with Crippen molar-refractivity contribution in [3.05, 3.63) is 52.9 Å². The van der Waals surface area contributed by atoms with E-state index in [4.69, 9.17) is 9.26 Å². The van der Waals surface area contributed by atoms with Crippen LogP contribution in [0.5, 0.6) is 0 Å². The summed E-state index contributed by atoms with van der Waals surface area (Å²) in [6.45, 7) is 3.26. The first kappa shape index (κ1) is 19.5. The summed E-state index contributed by atoms with van der Waals surface area (Å²) >= 11 is 1.36. The van der Waals surface area contributed by atoms with Crippen molar-refractivity contribution in [1.29, 1.82) is 5.26 Å². The Morgan fingerprint density at radius 1 is 1.39 bits per heavy atom. The second-order valence-corrected chi connectivity index (χ2v) is 6.98. The van der Waals surface area contributed by atoms with Crippen LogP contribution in [0.25, 0.3) is 16.6 Å². The van der Waals surface area contributed by atoms with E-state index in [1.807, 2.05) is 38.1 Å². The highest BCUT2D eigenvalue weighted by Crippen LogP contribution is 2.20. The van der Waals surface area contributed by atoms with Gasteiger partial charge in [-0.2, -0.15) is 5.26 Å². The summed E-state index contributed by atoms with van der Waals surface area (Å²) < 4.78 is 10.1. The van der Waals surface area contributed by atoms with Crippen molar-refractivity contribution in [2.75, 3.05) is 12.4 Å². The molecule has 2 heterocycles. The number of aromatic nitrogens is 3. The molecule has 0 unspecified atom stereocenters. The highest BCUT2D eigenvalue weighted by atomic mass is 32.2. The Balaban J connectivity index is 1.57. The summed E-state index contributed by atoms with van der Waals surface area (Å²) in [7, 11) is 0. The van der Waals surface area contributed by atoms with E-state index in [1.165, 1.54) is 11.8 Å². The maximum Gasteiger partial charge on any atom is 0.316 e. The van der Waals surface area contributed by atoms with Crippen molar-refractivity contribution in [2.24, 2.45) is 0 Å². The van der Waals surface area contributed by atoms with Gasteiger partial charge in [0.2, 0.25) is 0 Å². The summed E-state index contributed by atoms with van der Waals surface area (Å²) in [6.07, 6.45) is 0. The van der Waals surface area contributed by atoms with E-state index in [-0.39, 0.29) is 22.9 Å². The standard InChI is InChI=1S/C19H18N4O4S/c1-11-14(12(2)27-23-11)9-28-10-18(25)26-8-17(24)13(7-20)19-21-15-5-3-4-6-16(15)22-19/h3-6,24H,8-10H2,1-2H3,(H,21,22). The van der Waals surface area contributed by atoms with Crippen molar-refractivity contribution in [3.63, 3.8) is 0 Å². The molecule has 1 aromatic carbocycles. The number of thioether (sulfide) groups is 1. The number of nitrogens with zero attached hydrogens (tertiary/aromatic N) is 3. The Bertz CT molecular complexity index is 1020. The minimum atomic E-state index is -0.495. The van der Waals surface area contributed by atoms with Gasteiger partial charge >= 0.3 is 5.97 Å². The molecule has 0 bridgehead atoms. The topological polar surface area (TPSA) is 125 Å². The number of fused-ring (bicyclic) bond motifs is 1. The Morgan fingerprint density at radius 2 is 2.18 bits per heavy atom. The van der Waals surface area contributed by atoms with Gasteiger partial charge < -0.3 is 19.4 Å². The van der Waals surface area contributed by atoms with E-state index >= 15 is 0 Å². The minimum Gasteiger partial charge on any atom is -0.507 e. The molecule has 0 fully saturated rings. The fourth-order valence-corrected chi connectivity index (χ4v) is 3.50. The zero-order chi connectivity index (χ0) is 20.1. The second kappa shape index (κ2) is 8.63. The Labute approximate surface area is 165 Å². The van der Waals surface area contributed by atoms with Gasteiger partial charge in [-0.1, -0.05) is 17.3 Å². The van der Waals surface area contributed by atoms with Crippen molar-refractivity contribution in [2.45, 2.75) is 19.6 Å². The molecule has 0 aliphatic rings. The van der Waals surface area contributed by atoms with Crippen molar-refractivity contribution in [3.8, 4) is 6.07 Å². The quantitative estimate of drug-likeness (QED) is 0.352. The largest absolute Gasteiger partial charge is 0.507 e. The monoisotopic (exact) mass is 398 g/mol. The molecule has 0 amide bonds. The molecule has 0 radical (unpaired) electrons. The number of imidazole rings is 1. The number of rotatable bonds is 7. The maximum absolute atomic E-state index is 11.9. The normalized spacial score (nSPS) is 11.9. The third-order valence-electron chi connectivity index (χ3n) is 4.04. The first-order valence-electron chi connectivity index (χ1n) is 8.42. The first-order chi connectivity index (χ1) is 13.5. The zero-order valence-corrected chi connectivity index (χ0v) is 16.2. The second-order valence-electron chi connectivity index (χ2n) is 5.99. The van der Waals surface area contributed by atoms with Gasteiger partial charge in [-0.15, -0.1) is 11.8 Å². The van der Waals surface area contributed by atoms with Gasteiger partial charge in [-0.25, -0.2) is 4.98 Å². The van der Waals surface area contributed by atoms with Gasteiger partial charge in [0.15, 0.2) is 11.6 Å². The number of hydrogen-bond acceptors (Lipinski definition) is 8. The molecule has 0 aliphatic heterocycles. The molecule has 0 aliphatic carbocycles. The number of aliphatic hydroxyl groups excluding tert-OH is 1. The van der Waals surface area contributed by atoms with E-state index in [0.717, 1.165) is 22.5 Å². The summed E-state index contributed by atoms with van der Waals surface area (Å²) in [5, 5.41) is 23.4. The SMILES string of the molecule is Cc1noc(C)c1CSCC(=O)OCC(O)=C(C#N)c1nc2ccccc2[nH]1. The Hall–Kier alpha value is -3.25. The predicted octanol–water partition coefficient (Wildman–Crippen LogP) is 3.44. The van der Waals surface area contributed by atoms with Gasteiger partial charge in [0.1, 0.15) is 24.0 Å². The zero-order valence-electron chi connectivity index (χ0n) is 15.4. The highest BCUT2D eigenvalue weighted by Gasteiger charge is 2.15. The van der Waals surface area contributed by atoms with Crippen molar-refractivity contribution < 1.29 is 19.2 Å².